The highest BCUT2D eigenvalue weighted by molar-refractivity contribution is 5.89. The van der Waals surface area contributed by atoms with Crippen molar-refractivity contribution in [2.24, 2.45) is 5.92 Å². The van der Waals surface area contributed by atoms with Crippen molar-refractivity contribution in [3.8, 4) is 0 Å². The Morgan fingerprint density at radius 2 is 2.11 bits per heavy atom. The standard InChI is InChI=1S/C15H20FNO2/c1-11-5-7-17(8-6-11)10-12-3-4-13(14(16)9-12)15(18)19-2/h3-4,9,11H,5-8,10H2,1-2H3. The van der Waals surface area contributed by atoms with E-state index in [0.717, 1.165) is 31.1 Å². The lowest BCUT2D eigenvalue weighted by Crippen LogP contribution is -2.32. The number of hydrogen-bond acceptors (Lipinski definition) is 3. The van der Waals surface area contributed by atoms with Gasteiger partial charge in [0.05, 0.1) is 12.7 Å². The highest BCUT2D eigenvalue weighted by atomic mass is 19.1. The molecule has 19 heavy (non-hydrogen) atoms. The molecule has 1 aliphatic heterocycles. The second-order valence-corrected chi connectivity index (χ2v) is 5.26. The summed E-state index contributed by atoms with van der Waals surface area (Å²) in [5, 5.41) is 0. The summed E-state index contributed by atoms with van der Waals surface area (Å²) in [6.45, 7) is 5.12. The van der Waals surface area contributed by atoms with Crippen molar-refractivity contribution in [1.29, 1.82) is 0 Å². The minimum Gasteiger partial charge on any atom is -0.465 e. The van der Waals surface area contributed by atoms with E-state index in [9.17, 15) is 9.18 Å². The van der Waals surface area contributed by atoms with Crippen molar-refractivity contribution in [3.05, 3.63) is 35.1 Å². The maximum atomic E-state index is 13.8. The van der Waals surface area contributed by atoms with E-state index in [1.54, 1.807) is 6.07 Å². The molecular formula is C15H20FNO2. The van der Waals surface area contributed by atoms with Gasteiger partial charge in [0.25, 0.3) is 0 Å². The van der Waals surface area contributed by atoms with Gasteiger partial charge in [-0.15, -0.1) is 0 Å². The topological polar surface area (TPSA) is 29.5 Å². The molecule has 0 radical (unpaired) electrons. The fourth-order valence-electron chi connectivity index (χ4n) is 2.41. The highest BCUT2D eigenvalue weighted by Crippen LogP contribution is 2.19. The molecule has 1 aliphatic rings. The molecule has 0 spiro atoms. The Labute approximate surface area is 113 Å². The summed E-state index contributed by atoms with van der Waals surface area (Å²) in [7, 11) is 1.25. The first-order valence-electron chi connectivity index (χ1n) is 6.69. The Hall–Kier alpha value is -1.42. The lowest BCUT2D eigenvalue weighted by Gasteiger charge is -2.30. The molecule has 2 rings (SSSR count). The van der Waals surface area contributed by atoms with Crippen molar-refractivity contribution in [2.45, 2.75) is 26.3 Å². The van der Waals surface area contributed by atoms with Crippen molar-refractivity contribution in [3.63, 3.8) is 0 Å². The van der Waals surface area contributed by atoms with Gasteiger partial charge in [0.2, 0.25) is 0 Å². The van der Waals surface area contributed by atoms with E-state index in [1.807, 2.05) is 0 Å². The molecule has 1 aromatic rings. The average molecular weight is 265 g/mol. The number of hydrogen-bond donors (Lipinski definition) is 0. The number of methoxy groups -OCH3 is 1. The molecule has 0 bridgehead atoms. The molecule has 0 amide bonds. The third kappa shape index (κ3) is 3.53. The lowest BCUT2D eigenvalue weighted by molar-refractivity contribution is 0.0595. The number of likely N-dealkylation sites (tertiary alicyclic amines) is 1. The smallest absolute Gasteiger partial charge is 0.340 e. The van der Waals surface area contributed by atoms with Gasteiger partial charge in [-0.3, -0.25) is 4.90 Å². The quantitative estimate of drug-likeness (QED) is 0.787. The highest BCUT2D eigenvalue weighted by Gasteiger charge is 2.17. The van der Waals surface area contributed by atoms with Gasteiger partial charge in [-0.05, 0) is 49.5 Å². The van der Waals surface area contributed by atoms with Crippen LogP contribution in [-0.4, -0.2) is 31.1 Å². The third-order valence-corrected chi connectivity index (χ3v) is 3.72. The zero-order valence-electron chi connectivity index (χ0n) is 11.5. The van der Waals surface area contributed by atoms with E-state index in [0.29, 0.717) is 0 Å². The first kappa shape index (κ1) is 14.0. The minimum atomic E-state index is -0.629. The molecular weight excluding hydrogens is 245 g/mol. The number of rotatable bonds is 3. The third-order valence-electron chi connectivity index (χ3n) is 3.72. The van der Waals surface area contributed by atoms with Crippen molar-refractivity contribution in [2.75, 3.05) is 20.2 Å². The molecule has 0 unspecified atom stereocenters. The van der Waals surface area contributed by atoms with Gasteiger partial charge in [-0.25, -0.2) is 9.18 Å². The number of ether oxygens (including phenoxy) is 1. The zero-order valence-corrected chi connectivity index (χ0v) is 11.5. The Kier molecular flexibility index (Phi) is 4.53. The molecule has 104 valence electrons. The molecule has 1 aromatic carbocycles. The van der Waals surface area contributed by atoms with E-state index < -0.39 is 11.8 Å². The van der Waals surface area contributed by atoms with E-state index in [1.165, 1.54) is 32.1 Å². The van der Waals surface area contributed by atoms with Crippen LogP contribution in [0.3, 0.4) is 0 Å². The molecule has 0 N–H and O–H groups in total. The van der Waals surface area contributed by atoms with Crippen LogP contribution in [0.25, 0.3) is 0 Å². The van der Waals surface area contributed by atoms with Crippen LogP contribution < -0.4 is 0 Å². The number of halogens is 1. The monoisotopic (exact) mass is 265 g/mol. The predicted octanol–water partition coefficient (Wildman–Crippen LogP) is 2.84. The number of esters is 1. The minimum absolute atomic E-state index is 0.00137. The fourth-order valence-corrected chi connectivity index (χ4v) is 2.41. The van der Waals surface area contributed by atoms with Crippen LogP contribution in [0.5, 0.6) is 0 Å². The largest absolute Gasteiger partial charge is 0.465 e. The van der Waals surface area contributed by atoms with E-state index >= 15 is 0 Å². The summed E-state index contributed by atoms with van der Waals surface area (Å²) in [6, 6.07) is 4.74. The Morgan fingerprint density at radius 3 is 2.68 bits per heavy atom. The van der Waals surface area contributed by atoms with Gasteiger partial charge in [-0.1, -0.05) is 13.0 Å². The van der Waals surface area contributed by atoms with Gasteiger partial charge < -0.3 is 4.74 Å². The number of carbonyl (C=O) groups is 1. The molecule has 1 heterocycles. The summed E-state index contributed by atoms with van der Waals surface area (Å²) in [5.74, 6) is -0.347. The number of nitrogens with zero attached hydrogens (tertiary/aromatic N) is 1. The predicted molar refractivity (Wildman–Crippen MR) is 71.4 cm³/mol. The van der Waals surface area contributed by atoms with Crippen LogP contribution in [-0.2, 0) is 11.3 Å². The van der Waals surface area contributed by atoms with Gasteiger partial charge >= 0.3 is 5.97 Å². The maximum absolute atomic E-state index is 13.8. The van der Waals surface area contributed by atoms with Crippen molar-refractivity contribution >= 4 is 5.97 Å². The van der Waals surface area contributed by atoms with Crippen molar-refractivity contribution < 1.29 is 13.9 Å². The molecule has 0 aliphatic carbocycles. The van der Waals surface area contributed by atoms with Crippen LogP contribution in [0.4, 0.5) is 4.39 Å². The van der Waals surface area contributed by atoms with Gasteiger partial charge in [0.1, 0.15) is 5.82 Å². The summed E-state index contributed by atoms with van der Waals surface area (Å²) < 4.78 is 18.3. The van der Waals surface area contributed by atoms with Crippen LogP contribution in [0.15, 0.2) is 18.2 Å². The number of benzene rings is 1. The van der Waals surface area contributed by atoms with E-state index in [2.05, 4.69) is 16.6 Å². The summed E-state index contributed by atoms with van der Waals surface area (Å²) in [6.07, 6.45) is 2.39. The number of carbonyl (C=O) groups excluding carboxylic acids is 1. The zero-order chi connectivity index (χ0) is 13.8. The first-order valence-corrected chi connectivity index (χ1v) is 6.69. The molecule has 0 saturated carbocycles. The molecule has 0 atom stereocenters. The van der Waals surface area contributed by atoms with Crippen LogP contribution >= 0.6 is 0 Å². The second kappa shape index (κ2) is 6.15. The van der Waals surface area contributed by atoms with Crippen LogP contribution in [0.2, 0.25) is 0 Å². The summed E-state index contributed by atoms with van der Waals surface area (Å²) in [5.41, 5.74) is 0.901. The second-order valence-electron chi connectivity index (χ2n) is 5.26. The summed E-state index contributed by atoms with van der Waals surface area (Å²) >= 11 is 0. The first-order chi connectivity index (χ1) is 9.10. The van der Waals surface area contributed by atoms with E-state index in [-0.39, 0.29) is 5.56 Å². The SMILES string of the molecule is COC(=O)c1ccc(CN2CCC(C)CC2)cc1F. The van der Waals surface area contributed by atoms with Crippen molar-refractivity contribution in [1.82, 2.24) is 4.90 Å². The van der Waals surface area contributed by atoms with Crippen LogP contribution in [0.1, 0.15) is 35.7 Å². The molecule has 1 fully saturated rings. The summed E-state index contributed by atoms with van der Waals surface area (Å²) in [4.78, 5) is 13.6. The molecule has 3 nitrogen and oxygen atoms in total. The molecule has 1 saturated heterocycles. The lowest BCUT2D eigenvalue weighted by atomic mass is 9.99. The molecule has 0 aromatic heterocycles. The van der Waals surface area contributed by atoms with Crippen LogP contribution in [0, 0.1) is 11.7 Å². The van der Waals surface area contributed by atoms with Gasteiger partial charge in [0.15, 0.2) is 0 Å². The fraction of sp³-hybridized carbons (Fsp3) is 0.533. The molecule has 4 heteroatoms. The van der Waals surface area contributed by atoms with Gasteiger partial charge in [0, 0.05) is 6.54 Å². The van der Waals surface area contributed by atoms with E-state index in [4.69, 9.17) is 0 Å². The Morgan fingerprint density at radius 1 is 1.42 bits per heavy atom. The maximum Gasteiger partial charge on any atom is 0.340 e. The normalized spacial score (nSPS) is 17.4. The number of piperidine rings is 1. The average Bonchev–Trinajstić information content (AvgIpc) is 2.41. The van der Waals surface area contributed by atoms with Gasteiger partial charge in [-0.2, -0.15) is 0 Å². The Balaban J connectivity index is 2.02. The Bertz CT molecular complexity index is 453.